The highest BCUT2D eigenvalue weighted by Crippen LogP contribution is 2.31. The van der Waals surface area contributed by atoms with Gasteiger partial charge in [0, 0.05) is 5.88 Å². The molecule has 1 aliphatic carbocycles. The third kappa shape index (κ3) is 2.20. The lowest BCUT2D eigenvalue weighted by Crippen LogP contribution is -2.18. The molecule has 15 heavy (non-hydrogen) atoms. The molecule has 1 aliphatic rings. The Morgan fingerprint density at radius 1 is 1.20 bits per heavy atom. The standard InChI is InChI=1S/C14H19Cl/c1-14(2,8-9-15)13-7-6-11-4-3-5-12(11)10-13/h6-7,10H,3-5,8-9H2,1-2H3. The molecule has 0 aromatic heterocycles. The number of hydrogen-bond acceptors (Lipinski definition) is 0. The van der Waals surface area contributed by atoms with Gasteiger partial charge in [0.15, 0.2) is 0 Å². The average Bonchev–Trinajstić information content (AvgIpc) is 2.63. The van der Waals surface area contributed by atoms with Crippen LogP contribution >= 0.6 is 11.6 Å². The number of benzene rings is 1. The third-order valence-electron chi connectivity index (χ3n) is 3.60. The molecule has 0 aliphatic heterocycles. The van der Waals surface area contributed by atoms with Crippen molar-refractivity contribution in [1.29, 1.82) is 0 Å². The molecular weight excluding hydrogens is 204 g/mol. The van der Waals surface area contributed by atoms with Gasteiger partial charge in [-0.15, -0.1) is 11.6 Å². The summed E-state index contributed by atoms with van der Waals surface area (Å²) in [5.74, 6) is 0.740. The van der Waals surface area contributed by atoms with E-state index >= 15 is 0 Å². The Hall–Kier alpha value is -0.490. The molecule has 0 N–H and O–H groups in total. The Labute approximate surface area is 97.6 Å². The topological polar surface area (TPSA) is 0 Å². The number of rotatable bonds is 3. The van der Waals surface area contributed by atoms with Crippen molar-refractivity contribution in [2.45, 2.75) is 44.9 Å². The number of fused-ring (bicyclic) bond motifs is 1. The molecule has 0 amide bonds. The number of halogens is 1. The maximum Gasteiger partial charge on any atom is 0.0231 e. The quantitative estimate of drug-likeness (QED) is 0.676. The van der Waals surface area contributed by atoms with E-state index in [0.29, 0.717) is 0 Å². The Balaban J connectivity index is 2.29. The molecule has 0 saturated carbocycles. The summed E-state index contributed by atoms with van der Waals surface area (Å²) in [6.07, 6.45) is 4.91. The molecule has 0 bridgehead atoms. The van der Waals surface area contributed by atoms with E-state index in [9.17, 15) is 0 Å². The van der Waals surface area contributed by atoms with Gasteiger partial charge in [-0.3, -0.25) is 0 Å². The first-order valence-corrected chi connectivity index (χ1v) is 6.35. The van der Waals surface area contributed by atoms with Gasteiger partial charge >= 0.3 is 0 Å². The lowest BCUT2D eigenvalue weighted by molar-refractivity contribution is 0.509. The minimum Gasteiger partial charge on any atom is -0.127 e. The largest absolute Gasteiger partial charge is 0.127 e. The summed E-state index contributed by atoms with van der Waals surface area (Å²) in [5, 5.41) is 0. The van der Waals surface area contributed by atoms with E-state index in [-0.39, 0.29) is 5.41 Å². The Kier molecular flexibility index (Phi) is 3.06. The molecule has 1 aromatic rings. The van der Waals surface area contributed by atoms with Gasteiger partial charge in [-0.1, -0.05) is 32.0 Å². The average molecular weight is 223 g/mol. The van der Waals surface area contributed by atoms with E-state index in [4.69, 9.17) is 11.6 Å². The zero-order chi connectivity index (χ0) is 10.9. The number of hydrogen-bond donors (Lipinski definition) is 0. The highest BCUT2D eigenvalue weighted by molar-refractivity contribution is 6.17. The lowest BCUT2D eigenvalue weighted by Gasteiger charge is -2.25. The van der Waals surface area contributed by atoms with Crippen LogP contribution in [0.1, 0.15) is 43.4 Å². The van der Waals surface area contributed by atoms with Crippen LogP contribution in [0.15, 0.2) is 18.2 Å². The van der Waals surface area contributed by atoms with Crippen LogP contribution in [-0.4, -0.2) is 5.88 Å². The van der Waals surface area contributed by atoms with Crippen molar-refractivity contribution in [3.63, 3.8) is 0 Å². The summed E-state index contributed by atoms with van der Waals surface area (Å²) in [6, 6.07) is 7.00. The summed E-state index contributed by atoms with van der Waals surface area (Å²) in [6.45, 7) is 4.57. The van der Waals surface area contributed by atoms with Crippen molar-refractivity contribution in [2.24, 2.45) is 0 Å². The van der Waals surface area contributed by atoms with Gasteiger partial charge in [0.2, 0.25) is 0 Å². The first-order valence-electron chi connectivity index (χ1n) is 5.82. The summed E-state index contributed by atoms with van der Waals surface area (Å²) in [7, 11) is 0. The fraction of sp³-hybridized carbons (Fsp3) is 0.571. The normalized spacial score (nSPS) is 15.4. The summed E-state index contributed by atoms with van der Waals surface area (Å²) < 4.78 is 0. The third-order valence-corrected chi connectivity index (χ3v) is 3.79. The van der Waals surface area contributed by atoms with Crippen molar-refractivity contribution >= 4 is 11.6 Å². The fourth-order valence-electron chi connectivity index (χ4n) is 2.37. The smallest absolute Gasteiger partial charge is 0.0231 e. The predicted molar refractivity (Wildman–Crippen MR) is 66.8 cm³/mol. The van der Waals surface area contributed by atoms with Crippen molar-refractivity contribution < 1.29 is 0 Å². The molecule has 82 valence electrons. The monoisotopic (exact) mass is 222 g/mol. The van der Waals surface area contributed by atoms with Gasteiger partial charge in [0.25, 0.3) is 0 Å². The van der Waals surface area contributed by atoms with Crippen molar-refractivity contribution in [1.82, 2.24) is 0 Å². The molecule has 2 rings (SSSR count). The van der Waals surface area contributed by atoms with Gasteiger partial charge in [-0.05, 0) is 47.8 Å². The number of aryl methyl sites for hydroxylation is 2. The second kappa shape index (κ2) is 4.17. The second-order valence-electron chi connectivity index (χ2n) is 5.16. The van der Waals surface area contributed by atoms with Crippen LogP contribution in [0.3, 0.4) is 0 Å². The summed E-state index contributed by atoms with van der Waals surface area (Å²) >= 11 is 5.85. The molecule has 0 spiro atoms. The van der Waals surface area contributed by atoms with E-state index in [1.54, 1.807) is 11.1 Å². The van der Waals surface area contributed by atoms with Gasteiger partial charge in [-0.25, -0.2) is 0 Å². The van der Waals surface area contributed by atoms with Crippen LogP contribution in [0.2, 0.25) is 0 Å². The SMILES string of the molecule is CC(C)(CCCl)c1ccc2c(c1)CCC2. The van der Waals surface area contributed by atoms with Crippen molar-refractivity contribution in [3.8, 4) is 0 Å². The minimum atomic E-state index is 0.222. The predicted octanol–water partition coefficient (Wildman–Crippen LogP) is 4.08. The molecule has 0 unspecified atom stereocenters. The van der Waals surface area contributed by atoms with E-state index in [2.05, 4.69) is 32.0 Å². The lowest BCUT2D eigenvalue weighted by atomic mass is 9.81. The molecule has 0 atom stereocenters. The van der Waals surface area contributed by atoms with E-state index in [1.807, 2.05) is 0 Å². The summed E-state index contributed by atoms with van der Waals surface area (Å²) in [4.78, 5) is 0. The molecule has 0 saturated heterocycles. The molecule has 0 fully saturated rings. The van der Waals surface area contributed by atoms with Crippen LogP contribution < -0.4 is 0 Å². The Bertz CT molecular complexity index is 352. The minimum absolute atomic E-state index is 0.222. The van der Waals surface area contributed by atoms with E-state index in [1.165, 1.54) is 24.8 Å². The van der Waals surface area contributed by atoms with Crippen molar-refractivity contribution in [3.05, 3.63) is 34.9 Å². The highest BCUT2D eigenvalue weighted by Gasteiger charge is 2.21. The van der Waals surface area contributed by atoms with Gasteiger partial charge in [-0.2, -0.15) is 0 Å². The Morgan fingerprint density at radius 3 is 2.67 bits per heavy atom. The van der Waals surface area contributed by atoms with Gasteiger partial charge in [0.1, 0.15) is 0 Å². The van der Waals surface area contributed by atoms with Crippen LogP contribution in [0, 0.1) is 0 Å². The molecule has 0 heterocycles. The van der Waals surface area contributed by atoms with Crippen molar-refractivity contribution in [2.75, 3.05) is 5.88 Å². The van der Waals surface area contributed by atoms with Crippen LogP contribution in [0.5, 0.6) is 0 Å². The van der Waals surface area contributed by atoms with Gasteiger partial charge in [0.05, 0.1) is 0 Å². The maximum atomic E-state index is 5.85. The number of alkyl halides is 1. The van der Waals surface area contributed by atoms with Crippen LogP contribution in [-0.2, 0) is 18.3 Å². The van der Waals surface area contributed by atoms with Crippen LogP contribution in [0.25, 0.3) is 0 Å². The second-order valence-corrected chi connectivity index (χ2v) is 5.54. The fourth-order valence-corrected chi connectivity index (χ4v) is 2.85. The molecule has 1 aromatic carbocycles. The van der Waals surface area contributed by atoms with Gasteiger partial charge < -0.3 is 0 Å². The maximum absolute atomic E-state index is 5.85. The zero-order valence-corrected chi connectivity index (χ0v) is 10.4. The zero-order valence-electron chi connectivity index (χ0n) is 9.65. The molecule has 1 heteroatoms. The molecule has 0 nitrogen and oxygen atoms in total. The van der Waals surface area contributed by atoms with E-state index < -0.39 is 0 Å². The summed E-state index contributed by atoms with van der Waals surface area (Å²) in [5.41, 5.74) is 4.79. The van der Waals surface area contributed by atoms with E-state index in [0.717, 1.165) is 12.3 Å². The van der Waals surface area contributed by atoms with Crippen LogP contribution in [0.4, 0.5) is 0 Å². The highest BCUT2D eigenvalue weighted by atomic mass is 35.5. The first kappa shape index (κ1) is 11.0. The molecule has 0 radical (unpaired) electrons. The molecular formula is C14H19Cl. The Morgan fingerprint density at radius 2 is 1.93 bits per heavy atom. The first-order chi connectivity index (χ1) is 7.13.